The highest BCUT2D eigenvalue weighted by Gasteiger charge is 2.24. The van der Waals surface area contributed by atoms with Crippen LogP contribution >= 0.6 is 11.6 Å². The average molecular weight is 313 g/mol. The molecule has 1 saturated heterocycles. The van der Waals surface area contributed by atoms with Crippen LogP contribution in [0.5, 0.6) is 0 Å². The highest BCUT2D eigenvalue weighted by Crippen LogP contribution is 2.22. The minimum atomic E-state index is -0.343. The minimum absolute atomic E-state index is 0.141. The number of likely N-dealkylation sites (tertiary alicyclic amines) is 1. The van der Waals surface area contributed by atoms with Crippen LogP contribution in [0.3, 0.4) is 0 Å². The Balaban J connectivity index is 1.99. The third-order valence-corrected chi connectivity index (χ3v) is 4.28. The van der Waals surface area contributed by atoms with Crippen LogP contribution in [0.25, 0.3) is 0 Å². The Hall–Kier alpha value is -0.640. The van der Waals surface area contributed by atoms with E-state index in [4.69, 9.17) is 11.6 Å². The number of hydrogen-bond acceptors (Lipinski definition) is 2. The molecule has 0 radical (unpaired) electrons. The Morgan fingerprint density at radius 1 is 1.33 bits per heavy atom. The fourth-order valence-corrected chi connectivity index (χ4v) is 3.00. The lowest BCUT2D eigenvalue weighted by Gasteiger charge is -2.37. The first-order valence-corrected chi connectivity index (χ1v) is 8.16. The number of benzene rings is 1. The van der Waals surface area contributed by atoms with E-state index in [1.165, 1.54) is 25.3 Å². The second kappa shape index (κ2) is 7.08. The lowest BCUT2D eigenvalue weighted by Crippen LogP contribution is -2.49. The molecule has 2 nitrogen and oxygen atoms in total. The summed E-state index contributed by atoms with van der Waals surface area (Å²) in [5.41, 5.74) is 1.23. The number of hydrogen-bond donors (Lipinski definition) is 1. The summed E-state index contributed by atoms with van der Waals surface area (Å²) in [5, 5.41) is 3.82. The number of nitrogens with zero attached hydrogens (tertiary/aromatic N) is 1. The smallest absolute Gasteiger partial charge is 0.141 e. The molecule has 4 heteroatoms. The Kier molecular flexibility index (Phi) is 5.64. The normalized spacial score (nSPS) is 20.7. The van der Waals surface area contributed by atoms with Crippen LogP contribution < -0.4 is 5.32 Å². The van der Waals surface area contributed by atoms with Crippen molar-refractivity contribution in [2.45, 2.75) is 58.2 Å². The summed E-state index contributed by atoms with van der Waals surface area (Å²) < 4.78 is 13.3. The molecule has 0 amide bonds. The summed E-state index contributed by atoms with van der Waals surface area (Å²) in [6.45, 7) is 9.53. The van der Waals surface area contributed by atoms with E-state index in [0.29, 0.717) is 6.04 Å². The number of rotatable bonds is 4. The van der Waals surface area contributed by atoms with E-state index in [-0.39, 0.29) is 16.4 Å². The molecule has 2 rings (SSSR count). The van der Waals surface area contributed by atoms with Crippen molar-refractivity contribution in [2.75, 3.05) is 13.1 Å². The average Bonchev–Trinajstić information content (AvgIpc) is 2.41. The minimum Gasteiger partial charge on any atom is -0.311 e. The van der Waals surface area contributed by atoms with Gasteiger partial charge < -0.3 is 5.32 Å². The van der Waals surface area contributed by atoms with Crippen LogP contribution in [0, 0.1) is 5.82 Å². The summed E-state index contributed by atoms with van der Waals surface area (Å²) >= 11 is 5.88. The molecule has 1 N–H and O–H groups in total. The second-order valence-electron chi connectivity index (χ2n) is 7.00. The molecule has 1 atom stereocenters. The molecule has 0 saturated carbocycles. The Bertz CT molecular complexity index is 470. The molecule has 118 valence electrons. The first-order valence-electron chi connectivity index (χ1n) is 7.78. The molecule has 1 unspecified atom stereocenters. The Labute approximate surface area is 132 Å². The Morgan fingerprint density at radius 2 is 2.10 bits per heavy atom. The van der Waals surface area contributed by atoms with Gasteiger partial charge in [-0.15, -0.1) is 0 Å². The van der Waals surface area contributed by atoms with Crippen molar-refractivity contribution in [1.29, 1.82) is 0 Å². The topological polar surface area (TPSA) is 15.3 Å². The highest BCUT2D eigenvalue weighted by atomic mass is 35.5. The maximum absolute atomic E-state index is 13.3. The van der Waals surface area contributed by atoms with Crippen molar-refractivity contribution in [2.24, 2.45) is 0 Å². The molecule has 1 heterocycles. The zero-order valence-corrected chi connectivity index (χ0v) is 14.0. The zero-order chi connectivity index (χ0) is 15.5. The van der Waals surface area contributed by atoms with Crippen molar-refractivity contribution >= 4 is 11.6 Å². The molecular weight excluding hydrogens is 287 g/mol. The summed E-state index contributed by atoms with van der Waals surface area (Å²) in [7, 11) is 0. The van der Waals surface area contributed by atoms with E-state index in [1.807, 2.05) is 6.07 Å². The van der Waals surface area contributed by atoms with Gasteiger partial charge in [-0.05, 0) is 57.9 Å². The number of nitrogens with one attached hydrogen (secondary N) is 1. The van der Waals surface area contributed by atoms with Crippen LogP contribution in [-0.2, 0) is 6.54 Å². The highest BCUT2D eigenvalue weighted by molar-refractivity contribution is 6.30. The summed E-state index contributed by atoms with van der Waals surface area (Å²) in [6, 6.07) is 5.59. The van der Waals surface area contributed by atoms with Crippen LogP contribution in [-0.4, -0.2) is 29.6 Å². The van der Waals surface area contributed by atoms with Crippen molar-refractivity contribution in [1.82, 2.24) is 10.2 Å². The molecule has 1 aliphatic rings. The van der Waals surface area contributed by atoms with Gasteiger partial charge in [0.05, 0.1) is 5.02 Å². The van der Waals surface area contributed by atoms with E-state index in [2.05, 4.69) is 31.0 Å². The Morgan fingerprint density at radius 3 is 2.76 bits per heavy atom. The van der Waals surface area contributed by atoms with Crippen molar-refractivity contribution in [3.63, 3.8) is 0 Å². The first-order chi connectivity index (χ1) is 9.85. The summed E-state index contributed by atoms with van der Waals surface area (Å²) in [6.07, 6.45) is 3.75. The molecule has 1 aliphatic heterocycles. The molecule has 0 spiro atoms. The summed E-state index contributed by atoms with van der Waals surface area (Å²) in [5.74, 6) is -0.343. The molecule has 1 fully saturated rings. The molecule has 0 aromatic heterocycles. The maximum Gasteiger partial charge on any atom is 0.141 e. The molecular formula is C17H26ClFN2. The predicted octanol–water partition coefficient (Wildman–Crippen LogP) is 4.22. The largest absolute Gasteiger partial charge is 0.311 e. The van der Waals surface area contributed by atoms with Gasteiger partial charge in [-0.1, -0.05) is 24.1 Å². The fraction of sp³-hybridized carbons (Fsp3) is 0.647. The molecule has 0 aliphatic carbocycles. The third-order valence-electron chi connectivity index (χ3n) is 3.99. The zero-order valence-electron chi connectivity index (χ0n) is 13.3. The van der Waals surface area contributed by atoms with Gasteiger partial charge >= 0.3 is 0 Å². The van der Waals surface area contributed by atoms with Crippen molar-refractivity contribution in [3.05, 3.63) is 34.6 Å². The van der Waals surface area contributed by atoms with Crippen LogP contribution in [0.2, 0.25) is 5.02 Å². The standard InChI is InChI=1S/C17H26ClFN2/c1-17(2,3)20-11-14-6-4-5-9-21(14)12-13-7-8-16(19)15(18)10-13/h7-8,10,14,20H,4-6,9,11-12H2,1-3H3. The number of piperidine rings is 1. The van der Waals surface area contributed by atoms with Crippen molar-refractivity contribution < 1.29 is 4.39 Å². The summed E-state index contributed by atoms with van der Waals surface area (Å²) in [4.78, 5) is 2.49. The van der Waals surface area contributed by atoms with Gasteiger partial charge in [-0.25, -0.2) is 4.39 Å². The van der Waals surface area contributed by atoms with Gasteiger partial charge in [0, 0.05) is 24.7 Å². The maximum atomic E-state index is 13.3. The first kappa shape index (κ1) is 16.7. The van der Waals surface area contributed by atoms with Gasteiger partial charge in [0.1, 0.15) is 5.82 Å². The van der Waals surface area contributed by atoms with Crippen molar-refractivity contribution in [3.8, 4) is 0 Å². The predicted molar refractivity (Wildman–Crippen MR) is 87.2 cm³/mol. The SMILES string of the molecule is CC(C)(C)NCC1CCCCN1Cc1ccc(F)c(Cl)c1. The monoisotopic (exact) mass is 312 g/mol. The van der Waals surface area contributed by atoms with Crippen LogP contribution in [0.4, 0.5) is 4.39 Å². The lowest BCUT2D eigenvalue weighted by atomic mass is 9.99. The van der Waals surface area contributed by atoms with E-state index in [1.54, 1.807) is 6.07 Å². The quantitative estimate of drug-likeness (QED) is 0.895. The lowest BCUT2D eigenvalue weighted by molar-refractivity contribution is 0.131. The van der Waals surface area contributed by atoms with E-state index in [9.17, 15) is 4.39 Å². The molecule has 1 aromatic rings. The third kappa shape index (κ3) is 5.24. The van der Waals surface area contributed by atoms with E-state index < -0.39 is 0 Å². The van der Waals surface area contributed by atoms with Crippen LogP contribution in [0.1, 0.15) is 45.6 Å². The van der Waals surface area contributed by atoms with Gasteiger partial charge in [-0.2, -0.15) is 0 Å². The van der Waals surface area contributed by atoms with E-state index >= 15 is 0 Å². The van der Waals surface area contributed by atoms with E-state index in [0.717, 1.165) is 25.2 Å². The fourth-order valence-electron chi connectivity index (χ4n) is 2.80. The second-order valence-corrected chi connectivity index (χ2v) is 7.41. The number of halogens is 2. The van der Waals surface area contributed by atoms with Crippen LogP contribution in [0.15, 0.2) is 18.2 Å². The van der Waals surface area contributed by atoms with Gasteiger partial charge in [0.2, 0.25) is 0 Å². The molecule has 0 bridgehead atoms. The van der Waals surface area contributed by atoms with Gasteiger partial charge in [-0.3, -0.25) is 4.90 Å². The molecule has 21 heavy (non-hydrogen) atoms. The molecule has 1 aromatic carbocycles. The van der Waals surface area contributed by atoms with Gasteiger partial charge in [0.15, 0.2) is 0 Å². The van der Waals surface area contributed by atoms with Gasteiger partial charge in [0.25, 0.3) is 0 Å².